The van der Waals surface area contributed by atoms with Crippen LogP contribution in [0.5, 0.6) is 0 Å². The maximum Gasteiger partial charge on any atom is 0.472 e. The third-order valence-electron chi connectivity index (χ3n) is 9.29. The Bertz CT molecular complexity index is 754. The summed E-state index contributed by atoms with van der Waals surface area (Å²) in [6.45, 7) is 3.56. The number of unbranched alkanes of at least 4 members (excludes halogenated alkanes) is 27. The lowest BCUT2D eigenvalue weighted by Crippen LogP contribution is -2.29. The maximum absolute atomic E-state index is 12.6. The van der Waals surface area contributed by atoms with Gasteiger partial charge in [-0.1, -0.05) is 187 Å². The molecule has 50 heavy (non-hydrogen) atoms. The molecular weight excluding hydrogens is 655 g/mol. The Morgan fingerprint density at radius 1 is 0.540 bits per heavy atom. The standard InChI is InChI=1S/C40H81O9P/c1-3-5-7-9-11-13-15-17-18-19-20-21-22-24-26-28-30-32-40(43)49-39(37-48-50(44,45)47-35-38(42)34-41)36-46-33-31-29-27-25-23-16-14-12-10-8-6-4-2/h38-39,41-42H,3-37H2,1-2H3,(H,44,45). The van der Waals surface area contributed by atoms with Gasteiger partial charge >= 0.3 is 13.8 Å². The van der Waals surface area contributed by atoms with E-state index in [1.807, 2.05) is 0 Å². The van der Waals surface area contributed by atoms with Crippen LogP contribution in [0.3, 0.4) is 0 Å². The van der Waals surface area contributed by atoms with E-state index in [0.29, 0.717) is 6.61 Å². The van der Waals surface area contributed by atoms with Crippen molar-refractivity contribution in [3.05, 3.63) is 0 Å². The zero-order valence-corrected chi connectivity index (χ0v) is 33.5. The van der Waals surface area contributed by atoms with Crippen LogP contribution in [0.4, 0.5) is 0 Å². The molecule has 0 aliphatic heterocycles. The summed E-state index contributed by atoms with van der Waals surface area (Å²) in [5.74, 6) is -0.377. The molecule has 0 aromatic carbocycles. The van der Waals surface area contributed by atoms with Gasteiger partial charge in [-0.2, -0.15) is 0 Å². The molecule has 0 radical (unpaired) electrons. The number of carbonyl (C=O) groups is 1. The summed E-state index contributed by atoms with van der Waals surface area (Å²) in [4.78, 5) is 22.5. The molecule has 0 aliphatic carbocycles. The fraction of sp³-hybridized carbons (Fsp3) is 0.975. The van der Waals surface area contributed by atoms with E-state index in [1.54, 1.807) is 0 Å². The van der Waals surface area contributed by atoms with Gasteiger partial charge in [-0.3, -0.25) is 13.8 Å². The average molecular weight is 737 g/mol. The molecule has 0 fully saturated rings. The second kappa shape index (κ2) is 38.2. The summed E-state index contributed by atoms with van der Waals surface area (Å²) in [6.07, 6.45) is 34.8. The van der Waals surface area contributed by atoms with Gasteiger partial charge in [0.2, 0.25) is 0 Å². The van der Waals surface area contributed by atoms with E-state index in [4.69, 9.17) is 23.6 Å². The lowest BCUT2D eigenvalue weighted by molar-refractivity contribution is -0.154. The van der Waals surface area contributed by atoms with Crippen LogP contribution in [0.25, 0.3) is 0 Å². The number of aliphatic hydroxyl groups excluding tert-OH is 2. The number of aliphatic hydroxyl groups is 2. The maximum atomic E-state index is 12.6. The van der Waals surface area contributed by atoms with Gasteiger partial charge in [-0.15, -0.1) is 0 Å². The molecule has 0 bridgehead atoms. The summed E-state index contributed by atoms with van der Waals surface area (Å²) >= 11 is 0. The number of carbonyl (C=O) groups excluding carboxylic acids is 1. The van der Waals surface area contributed by atoms with E-state index in [-0.39, 0.29) is 25.6 Å². The Hall–Kier alpha value is -0.540. The van der Waals surface area contributed by atoms with Gasteiger partial charge in [0.15, 0.2) is 0 Å². The molecule has 0 aromatic rings. The lowest BCUT2D eigenvalue weighted by atomic mass is 10.0. The highest BCUT2D eigenvalue weighted by molar-refractivity contribution is 7.47. The normalized spacial score (nSPS) is 14.1. The van der Waals surface area contributed by atoms with Gasteiger partial charge in [0.05, 0.1) is 26.4 Å². The first-order valence-corrected chi connectivity index (χ1v) is 22.5. The largest absolute Gasteiger partial charge is 0.472 e. The molecule has 300 valence electrons. The van der Waals surface area contributed by atoms with E-state index in [0.717, 1.165) is 32.1 Å². The van der Waals surface area contributed by atoms with Crippen LogP contribution in [-0.4, -0.2) is 66.3 Å². The monoisotopic (exact) mass is 737 g/mol. The fourth-order valence-electron chi connectivity index (χ4n) is 6.06. The zero-order chi connectivity index (χ0) is 36.8. The summed E-state index contributed by atoms with van der Waals surface area (Å²) in [5, 5.41) is 18.3. The highest BCUT2D eigenvalue weighted by atomic mass is 31.2. The molecule has 0 spiro atoms. The van der Waals surface area contributed by atoms with Crippen LogP contribution < -0.4 is 0 Å². The third-order valence-corrected chi connectivity index (χ3v) is 10.2. The van der Waals surface area contributed by atoms with E-state index < -0.39 is 33.2 Å². The summed E-state index contributed by atoms with van der Waals surface area (Å²) in [6, 6.07) is 0. The first kappa shape index (κ1) is 49.5. The van der Waals surface area contributed by atoms with Crippen molar-refractivity contribution in [1.82, 2.24) is 0 Å². The molecule has 0 aromatic heterocycles. The van der Waals surface area contributed by atoms with Crippen LogP contribution in [0.2, 0.25) is 0 Å². The number of hydrogen-bond donors (Lipinski definition) is 3. The third kappa shape index (κ3) is 37.2. The van der Waals surface area contributed by atoms with E-state index >= 15 is 0 Å². The van der Waals surface area contributed by atoms with Crippen LogP contribution in [0.15, 0.2) is 0 Å². The Balaban J connectivity index is 4.12. The fourth-order valence-corrected chi connectivity index (χ4v) is 6.85. The summed E-state index contributed by atoms with van der Waals surface area (Å²) in [7, 11) is -4.50. The molecule has 3 atom stereocenters. The first-order valence-electron chi connectivity index (χ1n) is 21.0. The Kier molecular flexibility index (Phi) is 37.8. The van der Waals surface area contributed by atoms with E-state index in [2.05, 4.69) is 13.8 Å². The van der Waals surface area contributed by atoms with Gasteiger partial charge in [-0.25, -0.2) is 4.57 Å². The summed E-state index contributed by atoms with van der Waals surface area (Å²) < 4.78 is 33.3. The lowest BCUT2D eigenvalue weighted by Gasteiger charge is -2.20. The molecule has 3 N–H and O–H groups in total. The average Bonchev–Trinajstić information content (AvgIpc) is 3.10. The second-order valence-electron chi connectivity index (χ2n) is 14.4. The van der Waals surface area contributed by atoms with Gasteiger partial charge in [0.1, 0.15) is 12.2 Å². The topological polar surface area (TPSA) is 132 Å². The molecule has 10 heteroatoms. The molecular formula is C40H81O9P. The molecule has 0 saturated carbocycles. The van der Waals surface area contributed by atoms with Crippen LogP contribution in [0, 0.1) is 0 Å². The van der Waals surface area contributed by atoms with Gasteiger partial charge in [0.25, 0.3) is 0 Å². The van der Waals surface area contributed by atoms with Crippen molar-refractivity contribution in [3.63, 3.8) is 0 Å². The highest BCUT2D eigenvalue weighted by Crippen LogP contribution is 2.43. The number of rotatable bonds is 41. The zero-order valence-electron chi connectivity index (χ0n) is 32.6. The van der Waals surface area contributed by atoms with Gasteiger partial charge in [0, 0.05) is 13.0 Å². The SMILES string of the molecule is CCCCCCCCCCCCCCCCCCCC(=O)OC(COCCCCCCCCCCCCCC)COP(=O)(O)OCC(O)CO. The molecule has 0 heterocycles. The van der Waals surface area contributed by atoms with Crippen molar-refractivity contribution >= 4 is 13.8 Å². The van der Waals surface area contributed by atoms with Crippen LogP contribution in [0.1, 0.15) is 206 Å². The number of ether oxygens (including phenoxy) is 2. The van der Waals surface area contributed by atoms with Gasteiger partial charge < -0.3 is 24.6 Å². The van der Waals surface area contributed by atoms with Crippen molar-refractivity contribution in [3.8, 4) is 0 Å². The highest BCUT2D eigenvalue weighted by Gasteiger charge is 2.26. The van der Waals surface area contributed by atoms with Crippen LogP contribution >= 0.6 is 7.82 Å². The van der Waals surface area contributed by atoms with Gasteiger partial charge in [-0.05, 0) is 12.8 Å². The Morgan fingerprint density at radius 2 is 0.900 bits per heavy atom. The van der Waals surface area contributed by atoms with Crippen molar-refractivity contribution in [2.24, 2.45) is 0 Å². The smallest absolute Gasteiger partial charge is 0.457 e. The minimum Gasteiger partial charge on any atom is -0.457 e. The molecule has 0 saturated heterocycles. The van der Waals surface area contributed by atoms with Crippen molar-refractivity contribution < 1.29 is 43.0 Å². The number of esters is 1. The number of phosphoric ester groups is 1. The quantitative estimate of drug-likeness (QED) is 0.0319. The van der Waals surface area contributed by atoms with Crippen molar-refractivity contribution in [2.75, 3.05) is 33.0 Å². The van der Waals surface area contributed by atoms with Crippen LogP contribution in [-0.2, 0) is 27.9 Å². The molecule has 0 amide bonds. The molecule has 3 unspecified atom stereocenters. The van der Waals surface area contributed by atoms with Crippen molar-refractivity contribution in [2.45, 2.75) is 219 Å². The minimum absolute atomic E-state index is 0.0576. The summed E-state index contributed by atoms with van der Waals surface area (Å²) in [5.41, 5.74) is 0. The number of phosphoric acid groups is 1. The predicted octanol–water partition coefficient (Wildman–Crippen LogP) is 11.1. The molecule has 0 aliphatic rings. The minimum atomic E-state index is -4.50. The molecule has 0 rings (SSSR count). The Labute approximate surface area is 308 Å². The van der Waals surface area contributed by atoms with Crippen molar-refractivity contribution in [1.29, 1.82) is 0 Å². The molecule has 9 nitrogen and oxygen atoms in total. The predicted molar refractivity (Wildman–Crippen MR) is 205 cm³/mol. The second-order valence-corrected chi connectivity index (χ2v) is 15.8. The van der Waals surface area contributed by atoms with E-state index in [1.165, 1.54) is 154 Å². The number of hydrogen-bond acceptors (Lipinski definition) is 8. The Morgan fingerprint density at radius 3 is 1.30 bits per heavy atom. The van der Waals surface area contributed by atoms with E-state index in [9.17, 15) is 19.4 Å². The first-order chi connectivity index (χ1) is 24.3.